The quantitative estimate of drug-likeness (QED) is 0.187. The Hall–Kier alpha value is -4.57. The number of fused-ring (bicyclic) bond motifs is 3. The standard InChI is InChI=1S/C32H28N2.C5H10O2/c1-20(2)24-14-6-8-18-28(24)33-22(5)34(29-19-9-7-15-25(29)21(3)4)32-27-17-11-13-23-12-10-16-26(30(23)27)31(32)33;1-4(2)5(6)7-3/h6-19,22H,1,3H2,2,4-5H3;4H,1-3H3/q+2;. The van der Waals surface area contributed by atoms with Gasteiger partial charge in [-0.3, -0.25) is 4.79 Å². The lowest BCUT2D eigenvalue weighted by Gasteiger charge is -2.12. The van der Waals surface area contributed by atoms with Crippen molar-refractivity contribution in [3.05, 3.63) is 120 Å². The highest BCUT2D eigenvalue weighted by molar-refractivity contribution is 6.58. The maximum Gasteiger partial charge on any atom is 0.351 e. The van der Waals surface area contributed by atoms with E-state index in [1.807, 2.05) is 0 Å². The van der Waals surface area contributed by atoms with E-state index in [9.17, 15) is 4.79 Å². The van der Waals surface area contributed by atoms with Gasteiger partial charge in [-0.1, -0.05) is 75.5 Å². The molecular weight excluding hydrogens is 504 g/mol. The number of ether oxygens (including phenoxy) is 1. The Morgan fingerprint density at radius 1 is 0.732 bits per heavy atom. The number of carbonyl (C=O) groups excluding carboxylic acids is 1. The van der Waals surface area contributed by atoms with Crippen molar-refractivity contribution in [1.29, 1.82) is 0 Å². The molecule has 0 radical (unpaired) electrons. The monoisotopic (exact) mass is 542 g/mol. The molecule has 0 saturated heterocycles. The summed E-state index contributed by atoms with van der Waals surface area (Å²) in [7, 11) is 1.39. The van der Waals surface area contributed by atoms with Crippen LogP contribution in [0.3, 0.4) is 0 Å². The molecule has 206 valence electrons. The molecule has 6 rings (SSSR count). The number of methoxy groups -OCH3 is 1. The van der Waals surface area contributed by atoms with Crippen molar-refractivity contribution in [3.8, 4) is 0 Å². The average molecular weight is 543 g/mol. The van der Waals surface area contributed by atoms with E-state index < -0.39 is 0 Å². The van der Waals surface area contributed by atoms with Gasteiger partial charge in [0.2, 0.25) is 11.4 Å². The molecule has 1 heterocycles. The molecular formula is C37H38N2O2+2. The predicted molar refractivity (Wildman–Crippen MR) is 171 cm³/mol. The lowest BCUT2D eigenvalue weighted by atomic mass is 10.0. The van der Waals surface area contributed by atoms with Gasteiger partial charge in [0, 0.05) is 28.6 Å². The minimum atomic E-state index is -0.153. The Labute approximate surface area is 243 Å². The summed E-state index contributed by atoms with van der Waals surface area (Å²) in [5.74, 6) is -0.148. The highest BCUT2D eigenvalue weighted by Crippen LogP contribution is 2.41. The van der Waals surface area contributed by atoms with Crippen LogP contribution in [0.15, 0.2) is 98.1 Å². The van der Waals surface area contributed by atoms with Gasteiger partial charge in [0.15, 0.2) is 0 Å². The van der Waals surface area contributed by atoms with Crippen molar-refractivity contribution in [2.75, 3.05) is 7.11 Å². The maximum atomic E-state index is 10.3. The molecule has 0 fully saturated rings. The maximum absolute atomic E-state index is 10.3. The molecule has 1 aliphatic heterocycles. The Morgan fingerprint density at radius 2 is 1.17 bits per heavy atom. The molecule has 1 aliphatic carbocycles. The summed E-state index contributed by atoms with van der Waals surface area (Å²) in [6, 6.07) is 30.6. The molecule has 0 aromatic heterocycles. The number of esters is 1. The Morgan fingerprint density at radius 3 is 1.54 bits per heavy atom. The van der Waals surface area contributed by atoms with Crippen LogP contribution in [-0.4, -0.2) is 39.8 Å². The van der Waals surface area contributed by atoms with E-state index >= 15 is 0 Å². The Kier molecular flexibility index (Phi) is 7.59. The third kappa shape index (κ3) is 4.74. The number of para-hydroxylation sites is 2. The van der Waals surface area contributed by atoms with Crippen LogP contribution in [0.25, 0.3) is 21.9 Å². The topological polar surface area (TPSA) is 32.3 Å². The van der Waals surface area contributed by atoms with Crippen LogP contribution in [0.4, 0.5) is 11.4 Å². The van der Waals surface area contributed by atoms with Gasteiger partial charge in [-0.2, -0.15) is 0 Å². The second-order valence-corrected chi connectivity index (χ2v) is 11.1. The van der Waals surface area contributed by atoms with E-state index in [4.69, 9.17) is 0 Å². The largest absolute Gasteiger partial charge is 0.469 e. The minimum Gasteiger partial charge on any atom is -0.469 e. The second kappa shape index (κ2) is 11.1. The molecule has 0 unspecified atom stereocenters. The van der Waals surface area contributed by atoms with Gasteiger partial charge in [0.05, 0.1) is 31.1 Å². The number of hydrogen-bond donors (Lipinski definition) is 0. The third-order valence-corrected chi connectivity index (χ3v) is 7.79. The fraction of sp³-hybridized carbons (Fsp3) is 0.216. The predicted octanol–water partition coefficient (Wildman–Crippen LogP) is 8.36. The number of hydrogen-bond acceptors (Lipinski definition) is 2. The van der Waals surface area contributed by atoms with Gasteiger partial charge in [-0.15, -0.1) is 9.15 Å². The molecule has 4 heteroatoms. The van der Waals surface area contributed by atoms with Crippen LogP contribution in [0, 0.1) is 5.92 Å². The summed E-state index contributed by atoms with van der Waals surface area (Å²) in [6.07, 6.45) is 0.0783. The highest BCUT2D eigenvalue weighted by atomic mass is 16.5. The van der Waals surface area contributed by atoms with Gasteiger partial charge in [-0.25, -0.2) is 0 Å². The van der Waals surface area contributed by atoms with E-state index in [2.05, 4.69) is 133 Å². The van der Waals surface area contributed by atoms with Gasteiger partial charge < -0.3 is 4.74 Å². The first-order valence-corrected chi connectivity index (χ1v) is 14.1. The summed E-state index contributed by atoms with van der Waals surface area (Å²) in [4.78, 5) is 10.3. The number of benzene rings is 4. The average Bonchev–Trinajstić information content (AvgIpc) is 3.45. The summed E-state index contributed by atoms with van der Waals surface area (Å²) in [5.41, 5.74) is 12.0. The first-order chi connectivity index (χ1) is 19.7. The van der Waals surface area contributed by atoms with Crippen LogP contribution in [0.2, 0.25) is 0 Å². The highest BCUT2D eigenvalue weighted by Gasteiger charge is 2.53. The van der Waals surface area contributed by atoms with Crippen molar-refractivity contribution >= 4 is 50.7 Å². The molecule has 0 amide bonds. The molecule has 0 atom stereocenters. The van der Waals surface area contributed by atoms with E-state index in [0.29, 0.717) is 0 Å². The Balaban J connectivity index is 0.000000431. The second-order valence-electron chi connectivity index (χ2n) is 11.1. The first-order valence-electron chi connectivity index (χ1n) is 14.1. The van der Waals surface area contributed by atoms with E-state index in [-0.39, 0.29) is 18.1 Å². The van der Waals surface area contributed by atoms with Crippen LogP contribution < -0.4 is 0 Å². The van der Waals surface area contributed by atoms with Gasteiger partial charge in [0.1, 0.15) is 0 Å². The normalized spacial score (nSPS) is 13.8. The van der Waals surface area contributed by atoms with Crippen molar-refractivity contribution in [3.63, 3.8) is 0 Å². The number of carbonyl (C=O) groups is 1. The summed E-state index contributed by atoms with van der Waals surface area (Å²) < 4.78 is 9.38. The van der Waals surface area contributed by atoms with E-state index in [1.54, 1.807) is 13.8 Å². The third-order valence-electron chi connectivity index (χ3n) is 7.79. The zero-order chi connectivity index (χ0) is 29.4. The van der Waals surface area contributed by atoms with Crippen LogP contribution in [0.1, 0.15) is 56.9 Å². The molecule has 4 nitrogen and oxygen atoms in total. The first kappa shape index (κ1) is 28.0. The molecule has 4 aromatic carbocycles. The minimum absolute atomic E-state index is 0.00463. The molecule has 0 N–H and O–H groups in total. The Bertz CT molecular complexity index is 1670. The van der Waals surface area contributed by atoms with Crippen molar-refractivity contribution in [1.82, 2.24) is 0 Å². The molecule has 0 bridgehead atoms. The van der Waals surface area contributed by atoms with Crippen molar-refractivity contribution in [2.24, 2.45) is 5.92 Å². The summed E-state index contributed by atoms with van der Waals surface area (Å²) >= 11 is 0. The smallest absolute Gasteiger partial charge is 0.351 e. The number of rotatable bonds is 5. The lowest BCUT2D eigenvalue weighted by Crippen LogP contribution is -2.27. The number of nitrogens with zero attached hydrogens (tertiary/aromatic N) is 2. The lowest BCUT2D eigenvalue weighted by molar-refractivity contribution is -0.687. The van der Waals surface area contributed by atoms with Gasteiger partial charge >= 0.3 is 12.1 Å². The van der Waals surface area contributed by atoms with Crippen LogP contribution in [0.5, 0.6) is 0 Å². The SMILES string of the molecule is C=C(C)c1ccccc1[N+]1=C2C(=[N+](c3ccccc3C(=C)C)C1C)c1cccc3cccc2c13.COC(=O)C(C)C. The molecule has 2 aliphatic rings. The van der Waals surface area contributed by atoms with E-state index in [1.165, 1.54) is 62.9 Å². The molecule has 0 saturated carbocycles. The fourth-order valence-electron chi connectivity index (χ4n) is 5.94. The summed E-state index contributed by atoms with van der Waals surface area (Å²) in [6.45, 7) is 18.7. The van der Waals surface area contributed by atoms with Gasteiger partial charge in [-0.05, 0) is 54.6 Å². The van der Waals surface area contributed by atoms with E-state index in [0.717, 1.165) is 11.1 Å². The molecule has 0 spiro atoms. The van der Waals surface area contributed by atoms with Crippen LogP contribution in [-0.2, 0) is 9.53 Å². The van der Waals surface area contributed by atoms with Gasteiger partial charge in [0.25, 0.3) is 11.4 Å². The number of allylic oxidation sites excluding steroid dienone is 2. The van der Waals surface area contributed by atoms with Crippen LogP contribution >= 0.6 is 0 Å². The zero-order valence-electron chi connectivity index (χ0n) is 24.9. The van der Waals surface area contributed by atoms with Crippen molar-refractivity contribution < 1.29 is 18.7 Å². The molecule has 41 heavy (non-hydrogen) atoms. The zero-order valence-corrected chi connectivity index (χ0v) is 24.9. The summed E-state index contributed by atoms with van der Waals surface area (Å²) in [5, 5.41) is 2.61. The fourth-order valence-corrected chi connectivity index (χ4v) is 5.94. The van der Waals surface area contributed by atoms with Crippen molar-refractivity contribution in [2.45, 2.75) is 40.8 Å². The molecule has 4 aromatic rings.